The first kappa shape index (κ1) is 24.6. The minimum absolute atomic E-state index is 0.122. The Balaban J connectivity index is 2.08. The van der Waals surface area contributed by atoms with Gasteiger partial charge in [0.1, 0.15) is 28.2 Å². The van der Waals surface area contributed by atoms with Gasteiger partial charge in [-0.2, -0.15) is 4.99 Å². The molecule has 0 radical (unpaired) electrons. The third-order valence-corrected chi connectivity index (χ3v) is 5.58. The molecular weight excluding hydrogens is 457 g/mol. The monoisotopic (exact) mass is 481 g/mol. The summed E-state index contributed by atoms with van der Waals surface area (Å²) in [6.07, 6.45) is 4.56. The molecule has 3 heterocycles. The van der Waals surface area contributed by atoms with Crippen LogP contribution < -0.4 is 10.6 Å². The Hall–Kier alpha value is -3.99. The molecule has 0 saturated heterocycles. The van der Waals surface area contributed by atoms with Gasteiger partial charge in [-0.05, 0) is 26.0 Å². The molecule has 3 amide bonds. The Morgan fingerprint density at radius 2 is 1.97 bits per heavy atom. The summed E-state index contributed by atoms with van der Waals surface area (Å²) in [5, 5.41) is 7.33. The van der Waals surface area contributed by atoms with Gasteiger partial charge in [0, 0.05) is 61.3 Å². The first-order chi connectivity index (χ1) is 16.2. The lowest BCUT2D eigenvalue weighted by atomic mass is 10.0. The zero-order chi connectivity index (χ0) is 24.8. The minimum Gasteiger partial charge on any atom is -0.366 e. The smallest absolute Gasteiger partial charge is 0.320 e. The number of aromatic nitrogens is 3. The molecule has 0 aliphatic rings. The van der Waals surface area contributed by atoms with Gasteiger partial charge < -0.3 is 10.2 Å². The van der Waals surface area contributed by atoms with Crippen LogP contribution in [0, 0.1) is 0 Å². The number of hydrogen-bond acceptors (Lipinski definition) is 6. The van der Waals surface area contributed by atoms with Gasteiger partial charge in [0.05, 0.1) is 5.56 Å². The molecule has 3 rings (SSSR count). The van der Waals surface area contributed by atoms with Crippen molar-refractivity contribution in [3.05, 3.63) is 53.9 Å². The summed E-state index contributed by atoms with van der Waals surface area (Å²) in [6, 6.07) is 2.88. The highest BCUT2D eigenvalue weighted by atomic mass is 32.1. The summed E-state index contributed by atoms with van der Waals surface area (Å²) >= 11 is 1.22. The highest BCUT2D eigenvalue weighted by Gasteiger charge is 2.17. The van der Waals surface area contributed by atoms with Crippen LogP contribution in [-0.2, 0) is 0 Å². The number of hydrogen-bond donors (Lipinski definition) is 2. The summed E-state index contributed by atoms with van der Waals surface area (Å²) in [5.74, 6) is -0.246. The van der Waals surface area contributed by atoms with E-state index in [9.17, 15) is 14.0 Å². The number of urea groups is 1. The van der Waals surface area contributed by atoms with Crippen LogP contribution in [0.3, 0.4) is 0 Å². The lowest BCUT2D eigenvalue weighted by molar-refractivity contribution is 0.100. The second-order valence-electron chi connectivity index (χ2n) is 7.36. The third kappa shape index (κ3) is 5.87. The van der Waals surface area contributed by atoms with Gasteiger partial charge in [-0.1, -0.05) is 6.58 Å². The van der Waals surface area contributed by atoms with E-state index in [4.69, 9.17) is 0 Å². The number of anilines is 1. The highest BCUT2D eigenvalue weighted by Crippen LogP contribution is 2.36. The fourth-order valence-electron chi connectivity index (χ4n) is 2.79. The van der Waals surface area contributed by atoms with Crippen molar-refractivity contribution >= 4 is 40.8 Å². The predicted molar refractivity (Wildman–Crippen MR) is 133 cm³/mol. The maximum absolute atomic E-state index is 13.6. The maximum atomic E-state index is 13.6. The molecule has 3 aromatic rings. The van der Waals surface area contributed by atoms with Crippen molar-refractivity contribution in [3.63, 3.8) is 0 Å². The second kappa shape index (κ2) is 10.8. The van der Waals surface area contributed by atoms with E-state index in [1.807, 2.05) is 0 Å². The summed E-state index contributed by atoms with van der Waals surface area (Å²) < 4.78 is 13.6. The Morgan fingerprint density at radius 1 is 1.21 bits per heavy atom. The van der Waals surface area contributed by atoms with Gasteiger partial charge in [0.2, 0.25) is 0 Å². The molecule has 3 aromatic heterocycles. The predicted octanol–water partition coefficient (Wildman–Crippen LogP) is 4.47. The molecule has 34 heavy (non-hydrogen) atoms. The quantitative estimate of drug-likeness (QED) is 0.397. The van der Waals surface area contributed by atoms with Crippen molar-refractivity contribution in [3.8, 4) is 21.7 Å². The molecule has 0 fully saturated rings. The van der Waals surface area contributed by atoms with Crippen molar-refractivity contribution < 1.29 is 14.0 Å². The molecule has 0 spiro atoms. The first-order valence-electron chi connectivity index (χ1n) is 10.3. The lowest BCUT2D eigenvalue weighted by Crippen LogP contribution is -2.28. The number of nitrogens with zero attached hydrogens (tertiary/aromatic N) is 5. The number of amides is 3. The van der Waals surface area contributed by atoms with Crippen LogP contribution in [-0.4, -0.2) is 58.3 Å². The van der Waals surface area contributed by atoms with Crippen molar-refractivity contribution in [2.45, 2.75) is 13.8 Å². The van der Waals surface area contributed by atoms with E-state index in [0.717, 1.165) is 0 Å². The number of amidine groups is 1. The fraction of sp³-hybridized carbons (Fsp3) is 0.217. The van der Waals surface area contributed by atoms with E-state index in [2.05, 4.69) is 37.2 Å². The van der Waals surface area contributed by atoms with Gasteiger partial charge in [0.25, 0.3) is 5.91 Å². The second-order valence-corrected chi connectivity index (χ2v) is 8.22. The number of thiazole rings is 1. The van der Waals surface area contributed by atoms with Crippen LogP contribution in [0.25, 0.3) is 27.5 Å². The number of carbonyl (C=O) groups is 2. The molecule has 11 heteroatoms. The molecule has 0 saturated carbocycles. The van der Waals surface area contributed by atoms with Crippen LogP contribution in [0.4, 0.5) is 15.0 Å². The number of halogens is 1. The third-order valence-electron chi connectivity index (χ3n) is 4.70. The minimum atomic E-state index is -0.651. The van der Waals surface area contributed by atoms with Gasteiger partial charge in [0.15, 0.2) is 0 Å². The van der Waals surface area contributed by atoms with E-state index in [1.165, 1.54) is 17.5 Å². The fourth-order valence-corrected chi connectivity index (χ4v) is 3.64. The van der Waals surface area contributed by atoms with Crippen LogP contribution in [0.15, 0.2) is 47.7 Å². The molecule has 0 unspecified atom stereocenters. The van der Waals surface area contributed by atoms with Crippen molar-refractivity contribution in [1.82, 2.24) is 25.2 Å². The normalized spacial score (nSPS) is 11.1. The summed E-state index contributed by atoms with van der Waals surface area (Å²) in [4.78, 5) is 43.2. The summed E-state index contributed by atoms with van der Waals surface area (Å²) in [7, 11) is 3.59. The standard InChI is InChI=1S/C23H24FN7O2S/c1-6-26-23(33)30-20-8-17(22-29-19(12-34-22)13(2)24)18(11-27-20)15-7-16(10-25-9-15)21(32)28-14(3)31(4)5/h7-12H,2,6H2,1,3-5H3,(H2,26,27,30,33). The Kier molecular flexibility index (Phi) is 7.79. The largest absolute Gasteiger partial charge is 0.366 e. The van der Waals surface area contributed by atoms with Crippen molar-refractivity contribution in [2.24, 2.45) is 4.99 Å². The molecule has 176 valence electrons. The first-order valence-corrected chi connectivity index (χ1v) is 11.2. The molecule has 2 N–H and O–H groups in total. The van der Waals surface area contributed by atoms with E-state index in [-0.39, 0.29) is 11.5 Å². The number of aliphatic imine (C=N–C) groups is 1. The van der Waals surface area contributed by atoms with Gasteiger partial charge in [-0.15, -0.1) is 11.3 Å². The number of carbonyl (C=O) groups excluding carboxylic acids is 2. The van der Waals surface area contributed by atoms with E-state index in [0.29, 0.717) is 39.6 Å². The highest BCUT2D eigenvalue weighted by molar-refractivity contribution is 7.13. The average molecular weight is 482 g/mol. The topological polar surface area (TPSA) is 112 Å². The molecule has 0 aliphatic heterocycles. The molecule has 9 nitrogen and oxygen atoms in total. The average Bonchev–Trinajstić information content (AvgIpc) is 3.30. The number of rotatable bonds is 6. The van der Waals surface area contributed by atoms with E-state index in [1.54, 1.807) is 62.7 Å². The van der Waals surface area contributed by atoms with E-state index < -0.39 is 17.8 Å². The zero-order valence-corrected chi connectivity index (χ0v) is 20.0. The maximum Gasteiger partial charge on any atom is 0.320 e. The van der Waals surface area contributed by atoms with Crippen LogP contribution in [0.5, 0.6) is 0 Å². The molecule has 0 atom stereocenters. The lowest BCUT2D eigenvalue weighted by Gasteiger charge is -2.12. The molecular formula is C23H24FN7O2S. The molecule has 0 bridgehead atoms. The zero-order valence-electron chi connectivity index (χ0n) is 19.2. The van der Waals surface area contributed by atoms with Crippen LogP contribution >= 0.6 is 11.3 Å². The van der Waals surface area contributed by atoms with E-state index >= 15 is 0 Å². The number of nitrogens with one attached hydrogen (secondary N) is 2. The van der Waals surface area contributed by atoms with Gasteiger partial charge in [-0.25, -0.2) is 19.2 Å². The van der Waals surface area contributed by atoms with Gasteiger partial charge in [-0.3, -0.25) is 15.1 Å². The van der Waals surface area contributed by atoms with Crippen molar-refractivity contribution in [2.75, 3.05) is 26.0 Å². The Bertz CT molecular complexity index is 1270. The summed E-state index contributed by atoms with van der Waals surface area (Å²) in [6.45, 7) is 7.28. The van der Waals surface area contributed by atoms with Gasteiger partial charge >= 0.3 is 6.03 Å². The SMILES string of the molecule is C=C(F)c1csc(-c2cc(NC(=O)NCC)ncc2-c2cncc(C(=O)N=C(C)N(C)C)c2)n1. The number of pyridine rings is 2. The molecule has 0 aromatic carbocycles. The van der Waals surface area contributed by atoms with Crippen molar-refractivity contribution in [1.29, 1.82) is 0 Å². The summed E-state index contributed by atoms with van der Waals surface area (Å²) in [5.41, 5.74) is 2.19. The molecule has 0 aliphatic carbocycles. The Morgan fingerprint density at radius 3 is 2.62 bits per heavy atom. The van der Waals surface area contributed by atoms with Crippen LogP contribution in [0.2, 0.25) is 0 Å². The van der Waals surface area contributed by atoms with Crippen LogP contribution in [0.1, 0.15) is 29.9 Å². The Labute approximate surface area is 200 Å².